The Balaban J connectivity index is 1.60. The molecule has 8 N–H and O–H groups in total. The second-order valence-corrected chi connectivity index (χ2v) is 10.0. The number of ether oxygens (including phenoxy) is 2. The molecule has 14 heteroatoms. The van der Waals surface area contributed by atoms with Gasteiger partial charge in [-0.3, -0.25) is 20.6 Å². The SMILES string of the molecule is NC(Nc1ccc(OCCCCCOc2ccc(NC(N)S(=O)(=O)O)cc2)cc1)S(=O)(=O)O. The van der Waals surface area contributed by atoms with Crippen molar-refractivity contribution in [2.45, 2.75) is 30.3 Å². The van der Waals surface area contributed by atoms with Crippen LogP contribution in [0.1, 0.15) is 19.3 Å². The lowest BCUT2D eigenvalue weighted by molar-refractivity contribution is 0.279. The van der Waals surface area contributed by atoms with Crippen LogP contribution in [0.25, 0.3) is 0 Å². The van der Waals surface area contributed by atoms with E-state index in [1.165, 1.54) is 0 Å². The summed E-state index contributed by atoms with van der Waals surface area (Å²) in [5.74, 6) is 1.22. The lowest BCUT2D eigenvalue weighted by Gasteiger charge is -2.13. The molecule has 2 unspecified atom stereocenters. The number of nitrogens with two attached hydrogens (primary N) is 2. The molecule has 0 fully saturated rings. The first kappa shape index (κ1) is 26.6. The molecule has 0 aliphatic carbocycles. The molecule has 12 nitrogen and oxygen atoms in total. The summed E-state index contributed by atoms with van der Waals surface area (Å²) in [6, 6.07) is 13.0. The van der Waals surface area contributed by atoms with E-state index in [4.69, 9.17) is 30.0 Å². The average molecular weight is 505 g/mol. The zero-order valence-electron chi connectivity index (χ0n) is 17.6. The standard InChI is InChI=1S/C19H28N4O8S2/c20-18(32(24,25)26)22-14-4-8-16(9-5-14)30-12-2-1-3-13-31-17-10-6-15(7-11-17)23-19(21)33(27,28)29/h4-11,18-19,22-23H,1-3,12-13,20-21H2,(H,24,25,26)(H,27,28,29). The van der Waals surface area contributed by atoms with Gasteiger partial charge >= 0.3 is 0 Å². The highest BCUT2D eigenvalue weighted by atomic mass is 32.2. The predicted molar refractivity (Wildman–Crippen MR) is 124 cm³/mol. The van der Waals surface area contributed by atoms with Crippen LogP contribution in [0.2, 0.25) is 0 Å². The molecule has 0 spiro atoms. The van der Waals surface area contributed by atoms with Crippen molar-refractivity contribution in [3.63, 3.8) is 0 Å². The van der Waals surface area contributed by atoms with Gasteiger partial charge in [-0.15, -0.1) is 0 Å². The Morgan fingerprint density at radius 2 is 1.00 bits per heavy atom. The smallest absolute Gasteiger partial charge is 0.300 e. The molecule has 33 heavy (non-hydrogen) atoms. The molecular weight excluding hydrogens is 476 g/mol. The summed E-state index contributed by atoms with van der Waals surface area (Å²) in [5.41, 5.74) is 8.25. The fourth-order valence-corrected chi connectivity index (χ4v) is 3.10. The Hall–Kier alpha value is -2.62. The maximum atomic E-state index is 10.9. The molecule has 2 rings (SSSR count). The van der Waals surface area contributed by atoms with Crippen LogP contribution >= 0.6 is 0 Å². The summed E-state index contributed by atoms with van der Waals surface area (Å²) in [5, 5.41) is 4.91. The van der Waals surface area contributed by atoms with Gasteiger partial charge in [0.15, 0.2) is 0 Å². The number of benzene rings is 2. The topological polar surface area (TPSA) is 203 Å². The molecule has 0 heterocycles. The largest absolute Gasteiger partial charge is 0.494 e. The van der Waals surface area contributed by atoms with E-state index in [9.17, 15) is 16.8 Å². The van der Waals surface area contributed by atoms with Gasteiger partial charge in [0.25, 0.3) is 20.2 Å². The van der Waals surface area contributed by atoms with Gasteiger partial charge in [-0.25, -0.2) is 0 Å². The quantitative estimate of drug-likeness (QED) is 0.123. The summed E-state index contributed by atoms with van der Waals surface area (Å²) in [6.07, 6.45) is 2.46. The van der Waals surface area contributed by atoms with Crippen molar-refractivity contribution >= 4 is 31.6 Å². The van der Waals surface area contributed by atoms with Crippen molar-refractivity contribution in [1.29, 1.82) is 0 Å². The van der Waals surface area contributed by atoms with Crippen molar-refractivity contribution in [1.82, 2.24) is 0 Å². The van der Waals surface area contributed by atoms with Gasteiger partial charge in [0.2, 0.25) is 11.0 Å². The van der Waals surface area contributed by atoms with Gasteiger partial charge < -0.3 is 20.1 Å². The van der Waals surface area contributed by atoms with E-state index in [0.29, 0.717) is 36.1 Å². The zero-order valence-corrected chi connectivity index (χ0v) is 19.3. The number of hydrogen-bond donors (Lipinski definition) is 6. The van der Waals surface area contributed by atoms with E-state index in [1.54, 1.807) is 48.5 Å². The van der Waals surface area contributed by atoms with Gasteiger partial charge in [-0.05, 0) is 67.8 Å². The highest BCUT2D eigenvalue weighted by Crippen LogP contribution is 2.18. The van der Waals surface area contributed by atoms with Crippen LogP contribution in [0.15, 0.2) is 48.5 Å². The molecule has 0 saturated heterocycles. The van der Waals surface area contributed by atoms with Crippen LogP contribution in [-0.4, -0.2) is 50.2 Å². The molecule has 2 aromatic rings. The van der Waals surface area contributed by atoms with Crippen molar-refractivity contribution in [2.75, 3.05) is 23.8 Å². The Kier molecular flexibility index (Phi) is 9.70. The molecule has 0 aromatic heterocycles. The molecule has 2 atom stereocenters. The summed E-state index contributed by atoms with van der Waals surface area (Å²) >= 11 is 0. The predicted octanol–water partition coefficient (Wildman–Crippen LogP) is 1.40. The molecule has 2 aromatic carbocycles. The van der Waals surface area contributed by atoms with Gasteiger partial charge in [0.05, 0.1) is 13.2 Å². The molecule has 0 saturated carbocycles. The van der Waals surface area contributed by atoms with Crippen molar-refractivity contribution in [3.8, 4) is 11.5 Å². The first-order valence-corrected chi connectivity index (χ1v) is 12.9. The average Bonchev–Trinajstić information content (AvgIpc) is 2.74. The number of anilines is 2. The van der Waals surface area contributed by atoms with Crippen LogP contribution in [0.4, 0.5) is 11.4 Å². The van der Waals surface area contributed by atoms with Crippen LogP contribution in [0.3, 0.4) is 0 Å². The Morgan fingerprint density at radius 3 is 1.30 bits per heavy atom. The van der Waals surface area contributed by atoms with E-state index in [2.05, 4.69) is 10.6 Å². The third kappa shape index (κ3) is 9.81. The number of hydrogen-bond acceptors (Lipinski definition) is 10. The molecule has 0 radical (unpaired) electrons. The molecule has 184 valence electrons. The number of rotatable bonds is 14. The summed E-state index contributed by atoms with van der Waals surface area (Å²) in [7, 11) is -8.75. The highest BCUT2D eigenvalue weighted by molar-refractivity contribution is 7.86. The lowest BCUT2D eigenvalue weighted by atomic mass is 10.2. The first-order valence-electron chi connectivity index (χ1n) is 9.88. The zero-order chi connectivity index (χ0) is 24.5. The molecular formula is C19H28N4O8S2. The molecule has 0 aliphatic heterocycles. The van der Waals surface area contributed by atoms with Gasteiger partial charge in [-0.2, -0.15) is 16.8 Å². The second kappa shape index (κ2) is 12.0. The molecule has 0 aliphatic rings. The second-order valence-electron chi connectivity index (χ2n) is 6.97. The first-order chi connectivity index (χ1) is 15.4. The minimum Gasteiger partial charge on any atom is -0.494 e. The van der Waals surface area contributed by atoms with Crippen LogP contribution in [0, 0.1) is 0 Å². The third-order valence-corrected chi connectivity index (χ3v) is 5.81. The van der Waals surface area contributed by atoms with E-state index < -0.39 is 31.2 Å². The maximum Gasteiger partial charge on any atom is 0.300 e. The van der Waals surface area contributed by atoms with Crippen LogP contribution in [0.5, 0.6) is 11.5 Å². The molecule has 0 bridgehead atoms. The minimum absolute atomic E-state index is 0.426. The lowest BCUT2D eigenvalue weighted by Crippen LogP contribution is -2.37. The van der Waals surface area contributed by atoms with Crippen LogP contribution in [-0.2, 0) is 20.2 Å². The number of unbranched alkanes of at least 4 members (excludes halogenated alkanes) is 2. The van der Waals surface area contributed by atoms with E-state index >= 15 is 0 Å². The van der Waals surface area contributed by atoms with Crippen LogP contribution < -0.4 is 31.6 Å². The summed E-state index contributed by atoms with van der Waals surface area (Å²) in [4.78, 5) is 0. The maximum absolute atomic E-state index is 10.9. The number of nitrogens with one attached hydrogen (secondary N) is 2. The fraction of sp³-hybridized carbons (Fsp3) is 0.368. The highest BCUT2D eigenvalue weighted by Gasteiger charge is 2.17. The van der Waals surface area contributed by atoms with Gasteiger partial charge in [-0.1, -0.05) is 0 Å². The van der Waals surface area contributed by atoms with E-state index in [1.807, 2.05) is 0 Å². The monoisotopic (exact) mass is 504 g/mol. The Labute approximate surface area is 192 Å². The molecule has 0 amide bonds. The van der Waals surface area contributed by atoms with Gasteiger partial charge in [0.1, 0.15) is 11.5 Å². The Morgan fingerprint density at radius 1 is 0.667 bits per heavy atom. The van der Waals surface area contributed by atoms with E-state index in [0.717, 1.165) is 19.3 Å². The van der Waals surface area contributed by atoms with Gasteiger partial charge in [0, 0.05) is 11.4 Å². The Bertz CT molecular complexity index is 990. The third-order valence-electron chi connectivity index (χ3n) is 4.29. The summed E-state index contributed by atoms with van der Waals surface area (Å²) < 4.78 is 72.6. The summed E-state index contributed by atoms with van der Waals surface area (Å²) in [6.45, 7) is 0.984. The van der Waals surface area contributed by atoms with Crippen molar-refractivity contribution < 1.29 is 35.4 Å². The fourth-order valence-electron chi connectivity index (χ4n) is 2.53. The van der Waals surface area contributed by atoms with E-state index in [-0.39, 0.29) is 0 Å². The van der Waals surface area contributed by atoms with Crippen molar-refractivity contribution in [3.05, 3.63) is 48.5 Å². The normalized spacial score (nSPS) is 13.7. The minimum atomic E-state index is -4.38. The van der Waals surface area contributed by atoms with Crippen molar-refractivity contribution in [2.24, 2.45) is 11.5 Å².